The van der Waals surface area contributed by atoms with Crippen LogP contribution >= 0.6 is 0 Å². The normalized spacial score (nSPS) is 22.9. The quantitative estimate of drug-likeness (QED) is 0.323. The van der Waals surface area contributed by atoms with Crippen molar-refractivity contribution in [3.63, 3.8) is 0 Å². The average molecular weight is 646 g/mol. The van der Waals surface area contributed by atoms with E-state index in [1.807, 2.05) is 18.7 Å². The van der Waals surface area contributed by atoms with Crippen molar-refractivity contribution in [2.24, 2.45) is 0 Å². The van der Waals surface area contributed by atoms with Crippen LogP contribution in [0, 0.1) is 0 Å². The number of β-amino-alcohol motifs (C(OH)–C–C–N with tert-alkyl or cyclic N) is 1. The molecule has 1 aromatic carbocycles. The highest BCUT2D eigenvalue weighted by Gasteiger charge is 2.42. The first-order valence-corrected chi connectivity index (χ1v) is 15.2. The minimum absolute atomic E-state index is 0.114. The number of alkyl halides is 6. The van der Waals surface area contributed by atoms with E-state index in [1.54, 1.807) is 43.0 Å². The molecule has 4 rings (SSSR count). The number of amides is 1. The zero-order valence-corrected chi connectivity index (χ0v) is 26.1. The van der Waals surface area contributed by atoms with Crippen molar-refractivity contribution in [1.29, 1.82) is 0 Å². The summed E-state index contributed by atoms with van der Waals surface area (Å²) in [4.78, 5) is 27.6. The highest BCUT2D eigenvalue weighted by Crippen LogP contribution is 2.38. The number of likely N-dealkylation sites (tertiary alicyclic amines) is 1. The number of ether oxygens (including phenoxy) is 1. The van der Waals surface area contributed by atoms with Crippen molar-refractivity contribution in [1.82, 2.24) is 14.9 Å². The smallest absolute Gasteiger partial charge is 0.416 e. The van der Waals surface area contributed by atoms with Crippen molar-refractivity contribution < 1.29 is 41.0 Å². The van der Waals surface area contributed by atoms with Gasteiger partial charge in [-0.2, -0.15) is 26.3 Å². The third-order valence-electron chi connectivity index (χ3n) is 8.27. The Labute approximate surface area is 259 Å². The predicted octanol–water partition coefficient (Wildman–Crippen LogP) is 7.05. The van der Waals surface area contributed by atoms with Gasteiger partial charge in [-0.25, -0.2) is 14.8 Å². The van der Waals surface area contributed by atoms with E-state index in [9.17, 15) is 36.2 Å². The van der Waals surface area contributed by atoms with E-state index in [0.29, 0.717) is 50.9 Å². The Kier molecular flexibility index (Phi) is 10.2. The number of anilines is 2. The number of piperidine rings is 1. The molecule has 3 unspecified atom stereocenters. The van der Waals surface area contributed by atoms with Crippen LogP contribution < -0.4 is 9.80 Å². The van der Waals surface area contributed by atoms with E-state index in [0.717, 1.165) is 12.1 Å². The molecule has 2 aliphatic rings. The van der Waals surface area contributed by atoms with Crippen LogP contribution in [0.25, 0.3) is 0 Å². The van der Waals surface area contributed by atoms with Crippen LogP contribution in [0.15, 0.2) is 30.6 Å². The molecule has 2 aliphatic heterocycles. The van der Waals surface area contributed by atoms with Gasteiger partial charge in [0.25, 0.3) is 0 Å². The first-order chi connectivity index (χ1) is 20.9. The van der Waals surface area contributed by atoms with Gasteiger partial charge in [-0.15, -0.1) is 0 Å². The minimum atomic E-state index is -4.99. The summed E-state index contributed by atoms with van der Waals surface area (Å²) in [6.07, 6.45) is -5.39. The molecule has 8 nitrogen and oxygen atoms in total. The maximum Gasteiger partial charge on any atom is 0.416 e. The fourth-order valence-corrected chi connectivity index (χ4v) is 6.12. The lowest BCUT2D eigenvalue weighted by Crippen LogP contribution is -2.57. The number of aliphatic hydroxyl groups is 1. The number of hydrogen-bond donors (Lipinski definition) is 1. The van der Waals surface area contributed by atoms with Crippen LogP contribution in [0.1, 0.15) is 83.4 Å². The fourth-order valence-electron chi connectivity index (χ4n) is 6.12. The lowest BCUT2D eigenvalue weighted by Gasteiger charge is -2.48. The lowest BCUT2D eigenvalue weighted by atomic mass is 9.87. The van der Waals surface area contributed by atoms with Gasteiger partial charge >= 0.3 is 18.4 Å². The zero-order valence-electron chi connectivity index (χ0n) is 26.1. The van der Waals surface area contributed by atoms with E-state index in [-0.39, 0.29) is 36.2 Å². The Morgan fingerprint density at radius 3 is 1.91 bits per heavy atom. The number of benzene rings is 1. The molecule has 1 N–H and O–H groups in total. The minimum Gasteiger partial charge on any atom is -0.444 e. The molecule has 14 heteroatoms. The molecule has 2 aromatic rings. The van der Waals surface area contributed by atoms with Gasteiger partial charge in [-0.1, -0.05) is 13.8 Å². The van der Waals surface area contributed by atoms with Gasteiger partial charge in [0.1, 0.15) is 5.60 Å². The second-order valence-electron chi connectivity index (χ2n) is 12.8. The largest absolute Gasteiger partial charge is 0.444 e. The number of carbonyl (C=O) groups excluding carboxylic acids is 1. The molecule has 0 spiro atoms. The van der Waals surface area contributed by atoms with Crippen LogP contribution in [0.5, 0.6) is 0 Å². The van der Waals surface area contributed by atoms with Crippen LogP contribution in [0.4, 0.5) is 42.8 Å². The Morgan fingerprint density at radius 1 is 0.956 bits per heavy atom. The summed E-state index contributed by atoms with van der Waals surface area (Å²) in [5, 5.41) is 9.93. The van der Waals surface area contributed by atoms with Crippen LogP contribution in [-0.2, 0) is 23.6 Å². The Bertz CT molecular complexity index is 1270. The van der Waals surface area contributed by atoms with Crippen molar-refractivity contribution in [2.45, 2.75) is 115 Å². The summed E-state index contributed by atoms with van der Waals surface area (Å²) in [5.41, 5.74) is -3.06. The molecule has 2 fully saturated rings. The predicted molar refractivity (Wildman–Crippen MR) is 157 cm³/mol. The molecule has 0 radical (unpaired) electrons. The molecule has 45 heavy (non-hydrogen) atoms. The summed E-state index contributed by atoms with van der Waals surface area (Å²) >= 11 is 0. The average Bonchev–Trinajstić information content (AvgIpc) is 3.39. The third kappa shape index (κ3) is 8.50. The maximum absolute atomic E-state index is 13.7. The second-order valence-corrected chi connectivity index (χ2v) is 12.8. The molecule has 0 aliphatic carbocycles. The molecule has 0 bridgehead atoms. The van der Waals surface area contributed by atoms with Gasteiger partial charge < -0.3 is 24.5 Å². The lowest BCUT2D eigenvalue weighted by molar-refractivity contribution is -0.143. The fraction of sp³-hybridized carbons (Fsp3) is 0.645. The van der Waals surface area contributed by atoms with E-state index in [2.05, 4.69) is 9.97 Å². The van der Waals surface area contributed by atoms with Crippen molar-refractivity contribution in [3.05, 3.63) is 47.3 Å². The summed E-state index contributed by atoms with van der Waals surface area (Å²) in [6.45, 7) is 9.83. The topological polar surface area (TPSA) is 82.0 Å². The van der Waals surface area contributed by atoms with Gasteiger partial charge in [0, 0.05) is 37.8 Å². The van der Waals surface area contributed by atoms with Crippen LogP contribution in [0.2, 0.25) is 0 Å². The first kappa shape index (κ1) is 34.6. The standard InChI is InChI=1S/C31H41F6N5O3/c1-6-22-13-24(14-23(7-2)42(22)28(44)45-29(3,4)5)41(27-38-15-25(16-39-27)40-9-8-26(43)18-40)17-19-10-20(30(32,33)34)12-21(11-19)31(35,36)37/h10-12,15-16,22-24,26,43H,6-9,13-14,17-18H2,1-5H3. The second kappa shape index (κ2) is 13.2. The van der Waals surface area contributed by atoms with E-state index in [4.69, 9.17) is 4.74 Å². The molecule has 250 valence electrons. The Hall–Kier alpha value is -3.29. The summed E-state index contributed by atoms with van der Waals surface area (Å²) in [6, 6.07) is 0.553. The van der Waals surface area contributed by atoms with Gasteiger partial charge in [0.15, 0.2) is 0 Å². The van der Waals surface area contributed by atoms with Gasteiger partial charge in [-0.05, 0) is 76.6 Å². The molecular formula is C31H41F6N5O3. The van der Waals surface area contributed by atoms with E-state index >= 15 is 0 Å². The number of aromatic nitrogens is 2. The summed E-state index contributed by atoms with van der Waals surface area (Å²) in [7, 11) is 0. The maximum atomic E-state index is 13.7. The summed E-state index contributed by atoms with van der Waals surface area (Å²) < 4.78 is 88.0. The Balaban J connectivity index is 1.74. The van der Waals surface area contributed by atoms with E-state index in [1.165, 1.54) is 0 Å². The molecule has 1 amide bonds. The molecule has 2 saturated heterocycles. The monoisotopic (exact) mass is 645 g/mol. The third-order valence-corrected chi connectivity index (χ3v) is 8.27. The molecule has 1 aromatic heterocycles. The number of halogens is 6. The highest BCUT2D eigenvalue weighted by molar-refractivity contribution is 5.69. The molecule has 3 atom stereocenters. The van der Waals surface area contributed by atoms with Crippen molar-refractivity contribution >= 4 is 17.7 Å². The highest BCUT2D eigenvalue weighted by atomic mass is 19.4. The number of hydrogen-bond acceptors (Lipinski definition) is 7. The van der Waals surface area contributed by atoms with E-state index < -0.39 is 47.3 Å². The Morgan fingerprint density at radius 2 is 1.49 bits per heavy atom. The zero-order chi connectivity index (χ0) is 33.3. The summed E-state index contributed by atoms with van der Waals surface area (Å²) in [5.74, 6) is 0.143. The molecular weight excluding hydrogens is 604 g/mol. The van der Waals surface area contributed by atoms with Crippen LogP contribution in [-0.4, -0.2) is 69.0 Å². The van der Waals surface area contributed by atoms with Crippen LogP contribution in [0.3, 0.4) is 0 Å². The number of rotatable bonds is 7. The SMILES string of the molecule is CCC1CC(N(Cc2cc(C(F)(F)F)cc(C(F)(F)F)c2)c2ncc(N3CCC(O)C3)cn2)CC(CC)N1C(=O)OC(C)(C)C. The number of nitrogens with zero attached hydrogens (tertiary/aromatic N) is 5. The van der Waals surface area contributed by atoms with Crippen molar-refractivity contribution in [2.75, 3.05) is 22.9 Å². The number of aliphatic hydroxyl groups excluding tert-OH is 1. The molecule has 0 saturated carbocycles. The first-order valence-electron chi connectivity index (χ1n) is 15.2. The molecule has 3 heterocycles. The van der Waals surface area contributed by atoms with Gasteiger partial charge in [0.2, 0.25) is 5.95 Å². The van der Waals surface area contributed by atoms with Gasteiger partial charge in [0.05, 0.1) is 35.3 Å². The van der Waals surface area contributed by atoms with Gasteiger partial charge in [-0.3, -0.25) is 0 Å². The number of carbonyl (C=O) groups is 1. The van der Waals surface area contributed by atoms with Crippen molar-refractivity contribution in [3.8, 4) is 0 Å².